The van der Waals surface area contributed by atoms with Gasteiger partial charge in [-0.05, 0) is 17.7 Å². The zero-order valence-electron chi connectivity index (χ0n) is 12.6. The summed E-state index contributed by atoms with van der Waals surface area (Å²) in [6, 6.07) is 9.01. The molecular weight excluding hydrogens is 336 g/mol. The number of carbonyl (C=O) groups is 3. The van der Waals surface area contributed by atoms with E-state index < -0.39 is 41.7 Å². The number of imide groups is 1. The van der Waals surface area contributed by atoms with Gasteiger partial charge in [0.25, 0.3) is 0 Å². The number of halogens is 2. The first-order valence-electron chi connectivity index (χ1n) is 7.17. The molecule has 2 atom stereocenters. The number of hydrogen-bond acceptors (Lipinski definition) is 4. The summed E-state index contributed by atoms with van der Waals surface area (Å²) in [6.07, 6.45) is -4.42. The fraction of sp³-hybridized carbons (Fsp3) is 0.118. The highest BCUT2D eigenvalue weighted by Crippen LogP contribution is 2.35. The summed E-state index contributed by atoms with van der Waals surface area (Å²) in [5.74, 6) is -3.01. The van der Waals surface area contributed by atoms with E-state index in [1.165, 1.54) is 12.1 Å². The average molecular weight is 347 g/mol. The number of rotatable bonds is 3. The van der Waals surface area contributed by atoms with E-state index >= 15 is 0 Å². The third kappa shape index (κ3) is 2.93. The van der Waals surface area contributed by atoms with Crippen LogP contribution >= 0.6 is 0 Å². The van der Waals surface area contributed by atoms with Gasteiger partial charge in [0.15, 0.2) is 17.7 Å². The van der Waals surface area contributed by atoms with Crippen molar-refractivity contribution in [2.24, 2.45) is 0 Å². The number of cyclic esters (lactones) is 1. The number of nitrogens with zero attached hydrogens (tertiary/aromatic N) is 1. The Morgan fingerprint density at radius 3 is 2.32 bits per heavy atom. The predicted octanol–water partition coefficient (Wildman–Crippen LogP) is 3.39. The van der Waals surface area contributed by atoms with Gasteiger partial charge in [0, 0.05) is 5.56 Å². The maximum Gasteiger partial charge on any atom is 0.420 e. The number of ketones is 1. The number of hydrogen-bond donors (Lipinski definition) is 1. The van der Waals surface area contributed by atoms with Crippen molar-refractivity contribution in [3.63, 3.8) is 0 Å². The monoisotopic (exact) mass is 347 g/mol. The van der Waals surface area contributed by atoms with Crippen LogP contribution in [0, 0.1) is 11.6 Å². The second kappa shape index (κ2) is 6.31. The molecule has 3 rings (SSSR count). The lowest BCUT2D eigenvalue weighted by Crippen LogP contribution is -2.36. The molecule has 2 aromatic carbocycles. The minimum absolute atomic E-state index is 0.0681. The Kier molecular flexibility index (Phi) is 4.18. The molecule has 0 spiro atoms. The van der Waals surface area contributed by atoms with Gasteiger partial charge in [-0.1, -0.05) is 36.4 Å². The molecule has 0 aromatic heterocycles. The molecule has 1 fully saturated rings. The Bertz CT molecular complexity index is 855. The second-order valence-electron chi connectivity index (χ2n) is 5.31. The molecule has 0 radical (unpaired) electrons. The van der Waals surface area contributed by atoms with E-state index in [1.54, 1.807) is 18.2 Å². The molecule has 2 aromatic rings. The van der Waals surface area contributed by atoms with E-state index in [0.717, 1.165) is 18.2 Å². The van der Waals surface area contributed by atoms with E-state index in [9.17, 15) is 28.3 Å². The number of carboxylic acid groups (broad SMARTS) is 1. The number of Topliss-reactive ketones (excluding diaryl/α,β-unsaturated/α-hetero) is 1. The lowest BCUT2D eigenvalue weighted by molar-refractivity contribution is 0.0720. The molecule has 1 heterocycles. The molecule has 1 aliphatic heterocycles. The highest BCUT2D eigenvalue weighted by atomic mass is 19.2. The van der Waals surface area contributed by atoms with Crippen LogP contribution in [0.15, 0.2) is 48.5 Å². The normalized spacial score (nSPS) is 19.6. The van der Waals surface area contributed by atoms with Gasteiger partial charge in [0.1, 0.15) is 6.04 Å². The molecule has 0 aliphatic carbocycles. The van der Waals surface area contributed by atoms with Gasteiger partial charge >= 0.3 is 12.2 Å². The molecule has 1 aliphatic rings. The van der Waals surface area contributed by atoms with Crippen LogP contribution in [0.25, 0.3) is 0 Å². The highest BCUT2D eigenvalue weighted by molar-refractivity contribution is 6.03. The van der Waals surface area contributed by atoms with E-state index in [2.05, 4.69) is 0 Å². The summed E-state index contributed by atoms with van der Waals surface area (Å²) in [7, 11) is 0. The topological polar surface area (TPSA) is 83.9 Å². The zero-order valence-corrected chi connectivity index (χ0v) is 12.6. The summed E-state index contributed by atoms with van der Waals surface area (Å²) >= 11 is 0. The maximum atomic E-state index is 13.6. The van der Waals surface area contributed by atoms with Gasteiger partial charge < -0.3 is 9.84 Å². The summed E-state index contributed by atoms with van der Waals surface area (Å²) < 4.78 is 31.7. The minimum Gasteiger partial charge on any atom is -0.464 e. The van der Waals surface area contributed by atoms with Crippen molar-refractivity contribution in [3.8, 4) is 0 Å². The summed E-state index contributed by atoms with van der Waals surface area (Å²) in [6.45, 7) is 0. The molecule has 25 heavy (non-hydrogen) atoms. The molecule has 8 heteroatoms. The van der Waals surface area contributed by atoms with Crippen LogP contribution < -0.4 is 0 Å². The summed E-state index contributed by atoms with van der Waals surface area (Å²) in [5, 5.41) is 9.26. The molecule has 2 amide bonds. The van der Waals surface area contributed by atoms with Crippen LogP contribution in [-0.4, -0.2) is 34.1 Å². The summed E-state index contributed by atoms with van der Waals surface area (Å²) in [5.41, 5.74) is 0.126. The van der Waals surface area contributed by atoms with Crippen LogP contribution in [0.3, 0.4) is 0 Å². The number of ether oxygens (including phenoxy) is 1. The number of amides is 2. The lowest BCUT2D eigenvalue weighted by Gasteiger charge is -2.21. The van der Waals surface area contributed by atoms with Crippen LogP contribution in [0.2, 0.25) is 0 Å². The van der Waals surface area contributed by atoms with Crippen molar-refractivity contribution in [2.45, 2.75) is 12.1 Å². The van der Waals surface area contributed by atoms with Crippen molar-refractivity contribution in [1.82, 2.24) is 4.90 Å². The van der Waals surface area contributed by atoms with Gasteiger partial charge in [0.05, 0.1) is 0 Å². The van der Waals surface area contributed by atoms with Gasteiger partial charge in [-0.25, -0.2) is 23.3 Å². The minimum atomic E-state index is -1.66. The van der Waals surface area contributed by atoms with E-state index in [4.69, 9.17) is 4.74 Å². The Balaban J connectivity index is 2.07. The molecule has 128 valence electrons. The molecular formula is C17H11F2NO5. The first-order chi connectivity index (χ1) is 11.9. The van der Waals surface area contributed by atoms with Crippen molar-refractivity contribution in [1.29, 1.82) is 0 Å². The number of benzene rings is 2. The number of carbonyl (C=O) groups excluding carboxylic acids is 2. The zero-order chi connectivity index (χ0) is 18.1. The lowest BCUT2D eigenvalue weighted by atomic mass is 9.94. The molecule has 0 bridgehead atoms. The van der Waals surface area contributed by atoms with E-state index in [0.29, 0.717) is 0 Å². The van der Waals surface area contributed by atoms with Crippen LogP contribution in [0.5, 0.6) is 0 Å². The average Bonchev–Trinajstić information content (AvgIpc) is 2.95. The van der Waals surface area contributed by atoms with Crippen LogP contribution in [0.1, 0.15) is 22.0 Å². The Hall–Kier alpha value is -3.29. The van der Waals surface area contributed by atoms with Crippen molar-refractivity contribution < 1.29 is 33.0 Å². The highest BCUT2D eigenvalue weighted by Gasteiger charge is 2.50. The van der Waals surface area contributed by atoms with Crippen LogP contribution in [-0.2, 0) is 4.74 Å². The maximum absolute atomic E-state index is 13.6. The van der Waals surface area contributed by atoms with Gasteiger partial charge in [-0.2, -0.15) is 0 Å². The molecule has 6 nitrogen and oxygen atoms in total. The molecule has 1 saturated heterocycles. The molecule has 1 N–H and O–H groups in total. The van der Waals surface area contributed by atoms with Crippen molar-refractivity contribution >= 4 is 18.0 Å². The first-order valence-corrected chi connectivity index (χ1v) is 7.17. The fourth-order valence-electron chi connectivity index (χ4n) is 2.66. The predicted molar refractivity (Wildman–Crippen MR) is 80.0 cm³/mol. The van der Waals surface area contributed by atoms with Crippen molar-refractivity contribution in [3.05, 3.63) is 71.3 Å². The Morgan fingerprint density at radius 1 is 1.04 bits per heavy atom. The first kappa shape index (κ1) is 16.6. The SMILES string of the molecule is O=C(c1ccccc1)[C@@H]1OC(=O)N(C(=O)O)[C@H]1c1ccc(F)c(F)c1. The quantitative estimate of drug-likeness (QED) is 0.861. The Morgan fingerprint density at radius 2 is 1.72 bits per heavy atom. The van der Waals surface area contributed by atoms with Crippen molar-refractivity contribution in [2.75, 3.05) is 0 Å². The van der Waals surface area contributed by atoms with E-state index in [-0.39, 0.29) is 16.0 Å². The fourth-order valence-corrected chi connectivity index (χ4v) is 2.66. The standard InChI is InChI=1S/C17H11F2NO5/c18-11-7-6-10(8-12(11)19)13-15(25-17(24)20(13)16(22)23)14(21)9-4-2-1-3-5-9/h1-8,13,15H,(H,22,23)/t13-,15+/m0/s1. The smallest absolute Gasteiger partial charge is 0.420 e. The van der Waals surface area contributed by atoms with Crippen LogP contribution in [0.4, 0.5) is 18.4 Å². The summed E-state index contributed by atoms with van der Waals surface area (Å²) in [4.78, 5) is 36.2. The molecule has 0 saturated carbocycles. The van der Waals surface area contributed by atoms with E-state index in [1.807, 2.05) is 0 Å². The van der Waals surface area contributed by atoms with Gasteiger partial charge in [-0.15, -0.1) is 0 Å². The molecule has 0 unspecified atom stereocenters. The largest absolute Gasteiger partial charge is 0.464 e. The third-order valence-corrected chi connectivity index (χ3v) is 3.80. The Labute approximate surface area is 140 Å². The third-order valence-electron chi connectivity index (χ3n) is 3.80. The van der Waals surface area contributed by atoms with Gasteiger partial charge in [0.2, 0.25) is 5.78 Å². The second-order valence-corrected chi connectivity index (χ2v) is 5.31. The van der Waals surface area contributed by atoms with Gasteiger partial charge in [-0.3, -0.25) is 4.79 Å².